The van der Waals surface area contributed by atoms with Crippen LogP contribution in [0.3, 0.4) is 0 Å². The SMILES string of the molecule is O=C(OCCc1cccs1)c1cccc(Br)n1. The first-order valence-corrected chi connectivity index (χ1v) is 6.75. The molecule has 0 N–H and O–H groups in total. The Morgan fingerprint density at radius 3 is 2.94 bits per heavy atom. The lowest BCUT2D eigenvalue weighted by atomic mass is 10.3. The maximum atomic E-state index is 11.6. The fourth-order valence-corrected chi connectivity index (χ4v) is 2.33. The summed E-state index contributed by atoms with van der Waals surface area (Å²) in [6.45, 7) is 0.382. The zero-order valence-electron chi connectivity index (χ0n) is 8.93. The summed E-state index contributed by atoms with van der Waals surface area (Å²) >= 11 is 4.87. The summed E-state index contributed by atoms with van der Waals surface area (Å²) in [5, 5.41) is 2.01. The van der Waals surface area contributed by atoms with Crippen LogP contribution in [0.2, 0.25) is 0 Å². The number of ether oxygens (including phenoxy) is 1. The first-order chi connectivity index (χ1) is 8.25. The topological polar surface area (TPSA) is 39.2 Å². The largest absolute Gasteiger partial charge is 0.461 e. The smallest absolute Gasteiger partial charge is 0.356 e. The van der Waals surface area contributed by atoms with E-state index in [9.17, 15) is 4.79 Å². The van der Waals surface area contributed by atoms with Crippen molar-refractivity contribution in [3.63, 3.8) is 0 Å². The number of carbonyl (C=O) groups is 1. The van der Waals surface area contributed by atoms with Crippen LogP contribution in [-0.4, -0.2) is 17.6 Å². The van der Waals surface area contributed by atoms with Gasteiger partial charge in [-0.2, -0.15) is 0 Å². The van der Waals surface area contributed by atoms with Gasteiger partial charge in [0.1, 0.15) is 10.3 Å². The molecule has 2 aromatic rings. The van der Waals surface area contributed by atoms with Crippen molar-refractivity contribution >= 4 is 33.2 Å². The number of esters is 1. The molecule has 2 aromatic heterocycles. The summed E-state index contributed by atoms with van der Waals surface area (Å²) in [5.74, 6) is -0.386. The molecule has 17 heavy (non-hydrogen) atoms. The number of aromatic nitrogens is 1. The van der Waals surface area contributed by atoms with Gasteiger partial charge in [-0.1, -0.05) is 12.1 Å². The molecule has 0 radical (unpaired) electrons. The second-order valence-electron chi connectivity index (χ2n) is 3.31. The van der Waals surface area contributed by atoms with Crippen LogP contribution in [0.4, 0.5) is 0 Å². The molecule has 0 aliphatic carbocycles. The number of halogens is 1. The molecule has 2 rings (SSSR count). The Bertz CT molecular complexity index is 499. The van der Waals surface area contributed by atoms with Gasteiger partial charge in [-0.25, -0.2) is 9.78 Å². The quantitative estimate of drug-likeness (QED) is 0.642. The molecule has 0 aromatic carbocycles. The molecular weight excluding hydrogens is 302 g/mol. The Labute approximate surface area is 112 Å². The molecule has 0 saturated heterocycles. The Balaban J connectivity index is 1.85. The number of nitrogens with zero attached hydrogens (tertiary/aromatic N) is 1. The fraction of sp³-hybridized carbons (Fsp3) is 0.167. The standard InChI is InChI=1S/C12H10BrNO2S/c13-11-5-1-4-10(14-11)12(15)16-7-6-9-3-2-8-17-9/h1-5,8H,6-7H2. The molecule has 0 aliphatic heterocycles. The van der Waals surface area contributed by atoms with Gasteiger partial charge in [-0.3, -0.25) is 0 Å². The lowest BCUT2D eigenvalue weighted by Crippen LogP contribution is -2.09. The van der Waals surface area contributed by atoms with Crippen LogP contribution in [0.5, 0.6) is 0 Å². The Morgan fingerprint density at radius 1 is 1.35 bits per heavy atom. The first kappa shape index (κ1) is 12.3. The van der Waals surface area contributed by atoms with E-state index in [1.807, 2.05) is 17.5 Å². The van der Waals surface area contributed by atoms with E-state index in [1.54, 1.807) is 29.5 Å². The molecule has 0 fully saturated rings. The van der Waals surface area contributed by atoms with E-state index >= 15 is 0 Å². The van der Waals surface area contributed by atoms with Gasteiger partial charge in [-0.15, -0.1) is 11.3 Å². The third-order valence-corrected chi connectivity index (χ3v) is 3.46. The predicted octanol–water partition coefficient (Wildman–Crippen LogP) is 3.31. The molecule has 0 spiro atoms. The second-order valence-corrected chi connectivity index (χ2v) is 5.16. The van der Waals surface area contributed by atoms with Crippen LogP contribution in [0.1, 0.15) is 15.4 Å². The van der Waals surface area contributed by atoms with Crippen LogP contribution >= 0.6 is 27.3 Å². The molecule has 88 valence electrons. The summed E-state index contributed by atoms with van der Waals surface area (Å²) in [4.78, 5) is 16.9. The van der Waals surface area contributed by atoms with Gasteiger partial charge in [-0.05, 0) is 39.5 Å². The third-order valence-electron chi connectivity index (χ3n) is 2.09. The van der Waals surface area contributed by atoms with Crippen molar-refractivity contribution in [3.05, 3.63) is 50.9 Å². The number of thiophene rings is 1. The normalized spacial score (nSPS) is 10.2. The number of pyridine rings is 1. The van der Waals surface area contributed by atoms with Crippen LogP contribution < -0.4 is 0 Å². The minimum atomic E-state index is -0.386. The van der Waals surface area contributed by atoms with Gasteiger partial charge in [0.05, 0.1) is 6.61 Å². The summed E-state index contributed by atoms with van der Waals surface area (Å²) in [6, 6.07) is 9.17. The van der Waals surface area contributed by atoms with Crippen LogP contribution in [0, 0.1) is 0 Å². The average molecular weight is 312 g/mol. The van der Waals surface area contributed by atoms with E-state index in [0.29, 0.717) is 16.9 Å². The number of carbonyl (C=O) groups excluding carboxylic acids is 1. The van der Waals surface area contributed by atoms with Crippen LogP contribution in [0.15, 0.2) is 40.3 Å². The number of hydrogen-bond donors (Lipinski definition) is 0. The molecule has 2 heterocycles. The molecule has 0 aliphatic rings. The molecular formula is C12H10BrNO2S. The molecule has 0 unspecified atom stereocenters. The van der Waals surface area contributed by atoms with Crippen molar-refractivity contribution in [2.24, 2.45) is 0 Å². The monoisotopic (exact) mass is 311 g/mol. The van der Waals surface area contributed by atoms with Crippen molar-refractivity contribution in [2.45, 2.75) is 6.42 Å². The number of rotatable bonds is 4. The lowest BCUT2D eigenvalue weighted by molar-refractivity contribution is 0.0503. The van der Waals surface area contributed by atoms with Crippen molar-refractivity contribution in [1.29, 1.82) is 0 Å². The fourth-order valence-electron chi connectivity index (χ4n) is 1.30. The Morgan fingerprint density at radius 2 is 2.24 bits per heavy atom. The van der Waals surface area contributed by atoms with E-state index in [0.717, 1.165) is 6.42 Å². The van der Waals surface area contributed by atoms with Gasteiger partial charge in [0, 0.05) is 11.3 Å². The maximum Gasteiger partial charge on any atom is 0.356 e. The minimum absolute atomic E-state index is 0.325. The maximum absolute atomic E-state index is 11.6. The highest BCUT2D eigenvalue weighted by atomic mass is 79.9. The van der Waals surface area contributed by atoms with Crippen LogP contribution in [-0.2, 0) is 11.2 Å². The molecule has 5 heteroatoms. The van der Waals surface area contributed by atoms with Crippen molar-refractivity contribution < 1.29 is 9.53 Å². The molecule has 3 nitrogen and oxygen atoms in total. The highest BCUT2D eigenvalue weighted by Gasteiger charge is 2.08. The van der Waals surface area contributed by atoms with Crippen LogP contribution in [0.25, 0.3) is 0 Å². The second kappa shape index (κ2) is 5.93. The van der Waals surface area contributed by atoms with Crippen molar-refractivity contribution in [1.82, 2.24) is 4.98 Å². The minimum Gasteiger partial charge on any atom is -0.461 e. The van der Waals surface area contributed by atoms with Crippen molar-refractivity contribution in [3.8, 4) is 0 Å². The van der Waals surface area contributed by atoms with E-state index < -0.39 is 0 Å². The zero-order chi connectivity index (χ0) is 12.1. The summed E-state index contributed by atoms with van der Waals surface area (Å²) in [6.07, 6.45) is 0.747. The molecule has 0 amide bonds. The molecule has 0 saturated carbocycles. The number of hydrogen-bond acceptors (Lipinski definition) is 4. The van der Waals surface area contributed by atoms with Gasteiger partial charge < -0.3 is 4.74 Å². The van der Waals surface area contributed by atoms with E-state index in [4.69, 9.17) is 4.74 Å². The summed E-state index contributed by atoms with van der Waals surface area (Å²) in [7, 11) is 0. The Hall–Kier alpha value is -1.20. The van der Waals surface area contributed by atoms with E-state index in [1.165, 1.54) is 4.88 Å². The zero-order valence-corrected chi connectivity index (χ0v) is 11.3. The van der Waals surface area contributed by atoms with Gasteiger partial charge in [0.25, 0.3) is 0 Å². The molecule has 0 bridgehead atoms. The third kappa shape index (κ3) is 3.64. The van der Waals surface area contributed by atoms with Gasteiger partial charge in [0.15, 0.2) is 0 Å². The lowest BCUT2D eigenvalue weighted by Gasteiger charge is -2.03. The highest BCUT2D eigenvalue weighted by molar-refractivity contribution is 9.10. The van der Waals surface area contributed by atoms with Gasteiger partial charge in [0.2, 0.25) is 0 Å². The predicted molar refractivity (Wildman–Crippen MR) is 70.2 cm³/mol. The van der Waals surface area contributed by atoms with Crippen molar-refractivity contribution in [2.75, 3.05) is 6.61 Å². The average Bonchev–Trinajstić information content (AvgIpc) is 2.82. The van der Waals surface area contributed by atoms with E-state index in [2.05, 4.69) is 20.9 Å². The highest BCUT2D eigenvalue weighted by Crippen LogP contribution is 2.10. The molecule has 0 atom stereocenters. The summed E-state index contributed by atoms with van der Waals surface area (Å²) < 4.78 is 5.77. The Kier molecular flexibility index (Phi) is 4.28. The van der Waals surface area contributed by atoms with E-state index in [-0.39, 0.29) is 5.97 Å². The van der Waals surface area contributed by atoms with Gasteiger partial charge >= 0.3 is 5.97 Å². The first-order valence-electron chi connectivity index (χ1n) is 5.08. The summed E-state index contributed by atoms with van der Waals surface area (Å²) in [5.41, 5.74) is 0.325.